The van der Waals surface area contributed by atoms with Crippen molar-refractivity contribution < 1.29 is 23.8 Å². The van der Waals surface area contributed by atoms with Crippen molar-refractivity contribution in [2.24, 2.45) is 5.92 Å². The number of carbonyl (C=O) groups is 2. The third-order valence-electron chi connectivity index (χ3n) is 3.99. The Bertz CT molecular complexity index is 534. The Balaban J connectivity index is 1.58. The SMILES string of the molecule is O=C(O)c1coc(C(=O)N2CCCC(OCC3CC3)C2)c1. The van der Waals surface area contributed by atoms with Crippen molar-refractivity contribution in [3.05, 3.63) is 23.7 Å². The van der Waals surface area contributed by atoms with Gasteiger partial charge in [-0.2, -0.15) is 0 Å². The number of piperidine rings is 1. The normalized spacial score (nSPS) is 22.3. The van der Waals surface area contributed by atoms with E-state index in [0.29, 0.717) is 19.0 Å². The molecule has 0 aromatic carbocycles. The van der Waals surface area contributed by atoms with E-state index in [9.17, 15) is 9.59 Å². The molecule has 1 atom stereocenters. The zero-order valence-corrected chi connectivity index (χ0v) is 11.8. The first-order chi connectivity index (χ1) is 10.1. The summed E-state index contributed by atoms with van der Waals surface area (Å²) in [6.07, 6.45) is 5.54. The van der Waals surface area contributed by atoms with Gasteiger partial charge in [0.15, 0.2) is 5.76 Å². The van der Waals surface area contributed by atoms with E-state index >= 15 is 0 Å². The highest BCUT2D eigenvalue weighted by Gasteiger charge is 2.29. The van der Waals surface area contributed by atoms with Crippen LogP contribution in [0.25, 0.3) is 0 Å². The van der Waals surface area contributed by atoms with Gasteiger partial charge in [0, 0.05) is 25.8 Å². The molecule has 0 spiro atoms. The maximum atomic E-state index is 12.3. The Morgan fingerprint density at radius 1 is 1.38 bits per heavy atom. The molecule has 1 saturated carbocycles. The minimum Gasteiger partial charge on any atom is -0.478 e. The minimum absolute atomic E-state index is 0.00288. The summed E-state index contributed by atoms with van der Waals surface area (Å²) in [6, 6.07) is 1.28. The van der Waals surface area contributed by atoms with E-state index in [1.807, 2.05) is 0 Å². The fourth-order valence-corrected chi connectivity index (χ4v) is 2.53. The number of furan rings is 1. The fourth-order valence-electron chi connectivity index (χ4n) is 2.53. The predicted octanol–water partition coefficient (Wildman–Crippen LogP) is 2.01. The van der Waals surface area contributed by atoms with E-state index in [2.05, 4.69) is 0 Å². The van der Waals surface area contributed by atoms with E-state index < -0.39 is 5.97 Å². The van der Waals surface area contributed by atoms with Crippen LogP contribution in [0, 0.1) is 5.92 Å². The van der Waals surface area contributed by atoms with Crippen molar-refractivity contribution in [3.63, 3.8) is 0 Å². The van der Waals surface area contributed by atoms with Gasteiger partial charge in [0.25, 0.3) is 5.91 Å². The molecule has 1 saturated heterocycles. The number of carboxylic acid groups (broad SMARTS) is 1. The smallest absolute Gasteiger partial charge is 0.338 e. The van der Waals surface area contributed by atoms with Gasteiger partial charge in [0.05, 0.1) is 11.7 Å². The van der Waals surface area contributed by atoms with Crippen molar-refractivity contribution in [2.75, 3.05) is 19.7 Å². The summed E-state index contributed by atoms with van der Waals surface area (Å²) in [5.74, 6) is -0.571. The Kier molecular flexibility index (Phi) is 3.96. The van der Waals surface area contributed by atoms with Crippen LogP contribution in [0.15, 0.2) is 16.7 Å². The van der Waals surface area contributed by atoms with Crippen molar-refractivity contribution in [1.82, 2.24) is 4.90 Å². The highest BCUT2D eigenvalue weighted by Crippen LogP contribution is 2.30. The first-order valence-corrected chi connectivity index (χ1v) is 7.36. The van der Waals surface area contributed by atoms with Gasteiger partial charge in [-0.3, -0.25) is 4.79 Å². The van der Waals surface area contributed by atoms with Crippen LogP contribution >= 0.6 is 0 Å². The van der Waals surface area contributed by atoms with E-state index in [1.54, 1.807) is 4.90 Å². The second kappa shape index (κ2) is 5.89. The third kappa shape index (κ3) is 3.44. The van der Waals surface area contributed by atoms with Gasteiger partial charge in [0.2, 0.25) is 0 Å². The Labute approximate surface area is 122 Å². The average Bonchev–Trinajstić information content (AvgIpc) is 3.18. The van der Waals surface area contributed by atoms with E-state index in [4.69, 9.17) is 14.3 Å². The second-order valence-corrected chi connectivity index (χ2v) is 5.80. The number of nitrogens with zero attached hydrogens (tertiary/aromatic N) is 1. The van der Waals surface area contributed by atoms with Gasteiger partial charge in [-0.1, -0.05) is 0 Å². The molecule has 2 aliphatic rings. The molecule has 1 aliphatic carbocycles. The molecule has 1 aromatic rings. The topological polar surface area (TPSA) is 80.0 Å². The molecule has 2 fully saturated rings. The molecular weight excluding hydrogens is 274 g/mol. The number of ether oxygens (including phenoxy) is 1. The van der Waals surface area contributed by atoms with E-state index in [-0.39, 0.29) is 23.3 Å². The van der Waals surface area contributed by atoms with Crippen LogP contribution in [-0.2, 0) is 4.74 Å². The van der Waals surface area contributed by atoms with Crippen molar-refractivity contribution in [3.8, 4) is 0 Å². The highest BCUT2D eigenvalue weighted by atomic mass is 16.5. The number of hydrogen-bond acceptors (Lipinski definition) is 4. The van der Waals surface area contributed by atoms with Gasteiger partial charge >= 0.3 is 5.97 Å². The number of aromatic carboxylic acids is 1. The molecule has 1 N–H and O–H groups in total. The molecule has 1 aromatic heterocycles. The molecule has 1 unspecified atom stereocenters. The number of hydrogen-bond donors (Lipinski definition) is 1. The van der Waals surface area contributed by atoms with E-state index in [0.717, 1.165) is 25.7 Å². The predicted molar refractivity (Wildman–Crippen MR) is 73.3 cm³/mol. The molecule has 21 heavy (non-hydrogen) atoms. The largest absolute Gasteiger partial charge is 0.478 e. The fraction of sp³-hybridized carbons (Fsp3) is 0.600. The summed E-state index contributed by atoms with van der Waals surface area (Å²) >= 11 is 0. The summed E-state index contributed by atoms with van der Waals surface area (Å²) in [5, 5.41) is 8.86. The zero-order chi connectivity index (χ0) is 14.8. The second-order valence-electron chi connectivity index (χ2n) is 5.80. The van der Waals surface area contributed by atoms with Crippen LogP contribution in [0.4, 0.5) is 0 Å². The van der Waals surface area contributed by atoms with Crippen LogP contribution in [0.2, 0.25) is 0 Å². The molecule has 6 nitrogen and oxygen atoms in total. The van der Waals surface area contributed by atoms with Gasteiger partial charge < -0.3 is 19.2 Å². The average molecular weight is 293 g/mol. The molecule has 0 radical (unpaired) electrons. The zero-order valence-electron chi connectivity index (χ0n) is 11.8. The Morgan fingerprint density at radius 2 is 2.19 bits per heavy atom. The summed E-state index contributed by atoms with van der Waals surface area (Å²) in [5.41, 5.74) is -0.00288. The Hall–Kier alpha value is -1.82. The van der Waals surface area contributed by atoms with Crippen LogP contribution < -0.4 is 0 Å². The van der Waals surface area contributed by atoms with E-state index in [1.165, 1.54) is 18.9 Å². The van der Waals surface area contributed by atoms with Gasteiger partial charge in [-0.15, -0.1) is 0 Å². The van der Waals surface area contributed by atoms with Crippen LogP contribution in [0.1, 0.15) is 46.6 Å². The van der Waals surface area contributed by atoms with Crippen LogP contribution in [-0.4, -0.2) is 47.7 Å². The summed E-state index contributed by atoms with van der Waals surface area (Å²) in [4.78, 5) is 24.8. The quantitative estimate of drug-likeness (QED) is 0.898. The maximum absolute atomic E-state index is 12.3. The number of carbonyl (C=O) groups excluding carboxylic acids is 1. The molecule has 1 aliphatic heterocycles. The lowest BCUT2D eigenvalue weighted by Gasteiger charge is -2.32. The number of likely N-dealkylation sites (tertiary alicyclic amines) is 1. The van der Waals surface area contributed by atoms with Crippen molar-refractivity contribution in [2.45, 2.75) is 31.8 Å². The molecule has 6 heteroatoms. The lowest BCUT2D eigenvalue weighted by Crippen LogP contribution is -2.43. The molecular formula is C15H19NO5. The maximum Gasteiger partial charge on any atom is 0.338 e. The third-order valence-corrected chi connectivity index (χ3v) is 3.99. The summed E-state index contributed by atoms with van der Waals surface area (Å²) in [6.45, 7) is 2.00. The highest BCUT2D eigenvalue weighted by molar-refractivity contribution is 5.95. The first kappa shape index (κ1) is 14.1. The van der Waals surface area contributed by atoms with Gasteiger partial charge in [-0.05, 0) is 31.6 Å². The monoisotopic (exact) mass is 293 g/mol. The molecule has 3 rings (SSSR count). The van der Waals surface area contributed by atoms with Gasteiger partial charge in [-0.25, -0.2) is 4.79 Å². The lowest BCUT2D eigenvalue weighted by atomic mass is 10.1. The first-order valence-electron chi connectivity index (χ1n) is 7.36. The molecule has 2 heterocycles. The minimum atomic E-state index is -1.10. The Morgan fingerprint density at radius 3 is 2.86 bits per heavy atom. The van der Waals surface area contributed by atoms with Crippen LogP contribution in [0.5, 0.6) is 0 Å². The molecule has 0 bridgehead atoms. The van der Waals surface area contributed by atoms with Crippen molar-refractivity contribution in [1.29, 1.82) is 0 Å². The van der Waals surface area contributed by atoms with Crippen LogP contribution in [0.3, 0.4) is 0 Å². The number of amides is 1. The number of carboxylic acids is 1. The summed E-state index contributed by atoms with van der Waals surface area (Å²) < 4.78 is 10.9. The van der Waals surface area contributed by atoms with Gasteiger partial charge in [0.1, 0.15) is 6.26 Å². The summed E-state index contributed by atoms with van der Waals surface area (Å²) in [7, 11) is 0. The standard InChI is InChI=1S/C15H19NO5/c17-14(13-6-11(9-21-13)15(18)19)16-5-1-2-12(7-16)20-8-10-3-4-10/h6,9-10,12H,1-5,7-8H2,(H,18,19). The molecule has 114 valence electrons. The lowest BCUT2D eigenvalue weighted by molar-refractivity contribution is -0.00328. The van der Waals surface area contributed by atoms with Crippen molar-refractivity contribution >= 4 is 11.9 Å². The number of rotatable bonds is 5. The molecule has 1 amide bonds.